The molecule has 1 heterocycles. The number of aryl methyl sites for hydroxylation is 2. The van der Waals surface area contributed by atoms with Gasteiger partial charge in [-0.1, -0.05) is 15.8 Å². The quantitative estimate of drug-likeness (QED) is 0.654. The Kier molecular flexibility index (Phi) is 6.64. The molecule has 0 spiro atoms. The third-order valence-corrected chi connectivity index (χ3v) is 5.09. The number of rotatable bonds is 8. The van der Waals surface area contributed by atoms with Gasteiger partial charge in [-0.25, -0.2) is 9.37 Å². The average Bonchev–Trinajstić information content (AvgIpc) is 3.54. The summed E-state index contributed by atoms with van der Waals surface area (Å²) in [6, 6.07) is 5.77. The fraction of sp³-hybridized carbons (Fsp3) is 0.409. The molecule has 1 amide bonds. The Labute approximate surface area is 174 Å². The number of nitrogens with one attached hydrogen (secondary N) is 1. The summed E-state index contributed by atoms with van der Waals surface area (Å²) in [5.74, 6) is -0.297. The van der Waals surface area contributed by atoms with Crippen molar-refractivity contribution in [1.82, 2.24) is 10.3 Å². The van der Waals surface area contributed by atoms with E-state index >= 15 is 0 Å². The van der Waals surface area contributed by atoms with Crippen molar-refractivity contribution in [1.29, 1.82) is 0 Å². The molecule has 1 N–H and O–H groups in total. The Morgan fingerprint density at radius 3 is 2.63 bits per heavy atom. The van der Waals surface area contributed by atoms with Crippen molar-refractivity contribution in [2.75, 3.05) is 13.7 Å². The number of carbonyl (C=O) groups excluding carboxylic acids is 1. The third-order valence-electron chi connectivity index (χ3n) is 5.09. The van der Waals surface area contributed by atoms with Gasteiger partial charge in [0.25, 0.3) is 5.91 Å². The molecule has 0 saturated heterocycles. The van der Waals surface area contributed by atoms with Crippen LogP contribution < -0.4 is 14.8 Å². The maximum Gasteiger partial charge on any atom is 0.258 e. The topological polar surface area (TPSA) is 72.8 Å². The molecular weight excluding hydrogens is 392 g/mol. The Hall–Kier alpha value is -3.03. The smallest absolute Gasteiger partial charge is 0.258 e. The van der Waals surface area contributed by atoms with Gasteiger partial charge in [-0.15, -0.1) is 0 Å². The van der Waals surface area contributed by atoms with Crippen LogP contribution in [-0.2, 0) is 4.79 Å². The van der Waals surface area contributed by atoms with Gasteiger partial charge in [0, 0.05) is 17.5 Å². The second-order valence-corrected chi connectivity index (χ2v) is 7.45. The number of ether oxygens (including phenoxy) is 2. The van der Waals surface area contributed by atoms with Gasteiger partial charge >= 0.3 is 0 Å². The maximum absolute atomic E-state index is 13.9. The summed E-state index contributed by atoms with van der Waals surface area (Å²) in [4.78, 5) is 16.6. The van der Waals surface area contributed by atoms with Gasteiger partial charge in [0.2, 0.25) is 5.88 Å². The number of carbonyl (C=O) groups is 1. The molecule has 1 saturated carbocycles. The molecule has 2 aromatic rings. The highest BCUT2D eigenvalue weighted by molar-refractivity contribution is 6.05. The fourth-order valence-corrected chi connectivity index (χ4v) is 3.39. The highest BCUT2D eigenvalue weighted by Crippen LogP contribution is 2.35. The summed E-state index contributed by atoms with van der Waals surface area (Å²) < 4.78 is 37.4. The van der Waals surface area contributed by atoms with Crippen LogP contribution in [0.25, 0.3) is 0 Å². The minimum atomic E-state index is -0.495. The fourth-order valence-electron chi connectivity index (χ4n) is 3.39. The van der Waals surface area contributed by atoms with Crippen molar-refractivity contribution >= 4 is 11.6 Å². The van der Waals surface area contributed by atoms with Gasteiger partial charge < -0.3 is 14.8 Å². The van der Waals surface area contributed by atoms with E-state index in [0.29, 0.717) is 22.5 Å². The number of nitrogens with zero attached hydrogens (tertiary/aromatic N) is 2. The molecule has 160 valence electrons. The number of aromatic nitrogens is 1. The van der Waals surface area contributed by atoms with E-state index in [1.54, 1.807) is 26.0 Å². The Morgan fingerprint density at radius 2 is 2.07 bits per heavy atom. The van der Waals surface area contributed by atoms with Crippen molar-refractivity contribution in [2.24, 2.45) is 11.1 Å². The molecule has 8 heteroatoms. The average molecular weight is 417 g/mol. The van der Waals surface area contributed by atoms with Crippen LogP contribution in [0.4, 0.5) is 8.87 Å². The van der Waals surface area contributed by atoms with E-state index < -0.39 is 11.9 Å². The van der Waals surface area contributed by atoms with Gasteiger partial charge in [0.1, 0.15) is 0 Å². The highest BCUT2D eigenvalue weighted by Gasteiger charge is 2.31. The Balaban J connectivity index is 1.61. The largest absolute Gasteiger partial charge is 0.494 e. The first-order chi connectivity index (χ1) is 14.3. The third kappa shape index (κ3) is 4.93. The zero-order valence-corrected chi connectivity index (χ0v) is 17.5. The predicted octanol–water partition coefficient (Wildman–Crippen LogP) is 4.19. The molecule has 1 aliphatic rings. The summed E-state index contributed by atoms with van der Waals surface area (Å²) in [7, 11) is 1.39. The minimum Gasteiger partial charge on any atom is -0.494 e. The summed E-state index contributed by atoms with van der Waals surface area (Å²) in [5, 5.41) is 5.72. The van der Waals surface area contributed by atoms with Gasteiger partial charge in [0.05, 0.1) is 24.6 Å². The van der Waals surface area contributed by atoms with Gasteiger partial charge in [-0.3, -0.25) is 4.79 Å². The van der Waals surface area contributed by atoms with Gasteiger partial charge in [0.15, 0.2) is 18.2 Å². The molecule has 1 aromatic carbocycles. The molecule has 30 heavy (non-hydrogen) atoms. The first-order valence-corrected chi connectivity index (χ1v) is 9.77. The zero-order chi connectivity index (χ0) is 21.8. The Morgan fingerprint density at radius 1 is 1.33 bits per heavy atom. The number of hydrogen-bond donors (Lipinski definition) is 1. The monoisotopic (exact) mass is 417 g/mol. The van der Waals surface area contributed by atoms with Crippen molar-refractivity contribution in [3.8, 4) is 11.6 Å². The van der Waals surface area contributed by atoms with Crippen molar-refractivity contribution in [2.45, 2.75) is 39.7 Å². The summed E-state index contributed by atoms with van der Waals surface area (Å²) in [5.41, 5.74) is 3.14. The lowest BCUT2D eigenvalue weighted by molar-refractivity contribution is -0.123. The van der Waals surface area contributed by atoms with Crippen LogP contribution in [0.1, 0.15) is 48.2 Å². The van der Waals surface area contributed by atoms with E-state index in [9.17, 15) is 13.7 Å². The lowest BCUT2D eigenvalue weighted by Crippen LogP contribution is -2.31. The number of pyridine rings is 1. The second-order valence-electron chi connectivity index (χ2n) is 7.45. The summed E-state index contributed by atoms with van der Waals surface area (Å²) in [6.45, 7) is 5.10. The molecule has 0 bridgehead atoms. The van der Waals surface area contributed by atoms with Crippen LogP contribution >= 0.6 is 0 Å². The van der Waals surface area contributed by atoms with Crippen LogP contribution in [0.5, 0.6) is 11.6 Å². The molecule has 1 fully saturated rings. The number of methoxy groups -OCH3 is 1. The van der Waals surface area contributed by atoms with E-state index in [4.69, 9.17) is 9.47 Å². The van der Waals surface area contributed by atoms with Crippen LogP contribution in [0, 0.1) is 25.6 Å². The normalized spacial score (nSPS) is 14.9. The highest BCUT2D eigenvalue weighted by atomic mass is 19.2. The first-order valence-electron chi connectivity index (χ1n) is 9.77. The van der Waals surface area contributed by atoms with Crippen LogP contribution in [0.2, 0.25) is 0 Å². The number of amides is 1. The number of hydrogen-bond acceptors (Lipinski definition) is 5. The summed E-state index contributed by atoms with van der Waals surface area (Å²) in [6.07, 6.45) is 1.85. The van der Waals surface area contributed by atoms with Gasteiger partial charge in [-0.05, 0) is 56.9 Å². The first kappa shape index (κ1) is 21.7. The predicted molar refractivity (Wildman–Crippen MR) is 109 cm³/mol. The van der Waals surface area contributed by atoms with E-state index in [2.05, 4.69) is 15.5 Å². The second kappa shape index (κ2) is 9.19. The molecule has 0 radical (unpaired) electrons. The molecule has 3 rings (SSSR count). The molecule has 1 aliphatic carbocycles. The van der Waals surface area contributed by atoms with E-state index in [1.807, 2.05) is 6.92 Å². The molecule has 1 aromatic heterocycles. The lowest BCUT2D eigenvalue weighted by atomic mass is 10.00. The van der Waals surface area contributed by atoms with Crippen LogP contribution in [-0.4, -0.2) is 30.3 Å². The van der Waals surface area contributed by atoms with E-state index in [1.165, 1.54) is 19.2 Å². The Bertz CT molecular complexity index is 951. The van der Waals surface area contributed by atoms with E-state index in [-0.39, 0.29) is 30.1 Å². The maximum atomic E-state index is 13.9. The van der Waals surface area contributed by atoms with Crippen molar-refractivity contribution < 1.29 is 23.1 Å². The minimum absolute atomic E-state index is 0.142. The zero-order valence-electron chi connectivity index (χ0n) is 17.5. The van der Waals surface area contributed by atoms with Crippen molar-refractivity contribution in [3.05, 3.63) is 52.5 Å². The van der Waals surface area contributed by atoms with E-state index in [0.717, 1.165) is 18.4 Å². The van der Waals surface area contributed by atoms with Gasteiger partial charge in [-0.2, -0.15) is 0 Å². The van der Waals surface area contributed by atoms with Crippen LogP contribution in [0.15, 0.2) is 29.5 Å². The molecule has 1 atom stereocenters. The molecule has 1 unspecified atom stereocenters. The van der Waals surface area contributed by atoms with Crippen LogP contribution in [0.3, 0.4) is 0 Å². The summed E-state index contributed by atoms with van der Waals surface area (Å²) >= 11 is 0. The standard InChI is InChI=1S/C22H25F2N3O3/c1-12-9-20(26-14(3)21(12)22(27-24)15-5-6-15)30-11-19(28)25-13(2)16-7-8-18(29-4)17(23)10-16/h7-10,13,15H,5-6,11H2,1-4H3,(H,25,28)/b27-22-. The number of halogens is 2. The SMILES string of the molecule is COc1ccc(C(C)NC(=O)COc2cc(C)c(/C(=N\F)C3CC3)c(C)n2)cc1F. The lowest BCUT2D eigenvalue weighted by Gasteiger charge is -2.16. The molecule has 6 nitrogen and oxygen atoms in total. The molecular formula is C22H25F2N3O3. The number of benzene rings is 1. The van der Waals surface area contributed by atoms with Crippen molar-refractivity contribution in [3.63, 3.8) is 0 Å². The molecule has 0 aliphatic heterocycles.